The van der Waals surface area contributed by atoms with Crippen LogP contribution in [0.25, 0.3) is 10.9 Å². The van der Waals surface area contributed by atoms with Gasteiger partial charge in [-0.3, -0.25) is 9.36 Å². The average molecular weight is 685 g/mol. The van der Waals surface area contributed by atoms with Crippen LogP contribution in [0.4, 0.5) is 16.4 Å². The van der Waals surface area contributed by atoms with Gasteiger partial charge in [0.2, 0.25) is 0 Å². The molecule has 1 fully saturated rings. The molecule has 1 amide bonds. The molecule has 0 bridgehead atoms. The molecule has 1 saturated heterocycles. The summed E-state index contributed by atoms with van der Waals surface area (Å²) in [5.41, 5.74) is 7.45. The molecule has 1 aliphatic heterocycles. The van der Waals surface area contributed by atoms with E-state index in [2.05, 4.69) is 30.2 Å². The number of anilines is 2. The largest absolute Gasteiger partial charge is 0.444 e. The molecule has 1 aliphatic carbocycles. The number of hydrogen-bond donors (Lipinski definition) is 3. The topological polar surface area (TPSA) is 161 Å². The van der Waals surface area contributed by atoms with Gasteiger partial charge in [-0.25, -0.2) is 24.7 Å². The van der Waals surface area contributed by atoms with Gasteiger partial charge in [0.25, 0.3) is 5.56 Å². The molecule has 15 heteroatoms. The van der Waals surface area contributed by atoms with E-state index in [0.717, 1.165) is 25.0 Å². The number of aliphatic hydroxyl groups is 1. The van der Waals surface area contributed by atoms with Crippen molar-refractivity contribution in [1.29, 1.82) is 0 Å². The number of benzene rings is 1. The summed E-state index contributed by atoms with van der Waals surface area (Å²) in [5.74, 6) is 0.920. The Kier molecular flexibility index (Phi) is 8.45. The van der Waals surface area contributed by atoms with Crippen LogP contribution in [0.3, 0.4) is 0 Å². The van der Waals surface area contributed by atoms with E-state index in [1.54, 1.807) is 43.5 Å². The van der Waals surface area contributed by atoms with Crippen molar-refractivity contribution in [3.8, 4) is 0 Å². The number of carbonyl (C=O) groups excluding carboxylic acids is 1. The second kappa shape index (κ2) is 12.0. The van der Waals surface area contributed by atoms with Gasteiger partial charge in [-0.15, -0.1) is 11.3 Å². The van der Waals surface area contributed by atoms with Crippen molar-refractivity contribution in [2.45, 2.75) is 87.6 Å². The van der Waals surface area contributed by atoms with E-state index >= 15 is 0 Å². The molecular formula is C31H37ClN8O4S2. The van der Waals surface area contributed by atoms with Gasteiger partial charge in [0, 0.05) is 28.3 Å². The van der Waals surface area contributed by atoms with Crippen LogP contribution < -0.4 is 21.5 Å². The molecule has 12 nitrogen and oxygen atoms in total. The lowest BCUT2D eigenvalue weighted by Gasteiger charge is -2.43. The first kappa shape index (κ1) is 32.5. The van der Waals surface area contributed by atoms with Crippen LogP contribution in [0.1, 0.15) is 64.1 Å². The maximum Gasteiger partial charge on any atom is 0.408 e. The van der Waals surface area contributed by atoms with Crippen molar-refractivity contribution >= 4 is 63.3 Å². The molecule has 2 aliphatic rings. The zero-order chi connectivity index (χ0) is 33.0. The van der Waals surface area contributed by atoms with Gasteiger partial charge in [-0.05, 0) is 66.0 Å². The smallest absolute Gasteiger partial charge is 0.408 e. The first-order valence-corrected chi connectivity index (χ1v) is 17.1. The Morgan fingerprint density at radius 1 is 1.22 bits per heavy atom. The van der Waals surface area contributed by atoms with E-state index in [0.29, 0.717) is 34.3 Å². The fraction of sp³-hybridized carbons (Fsp3) is 0.484. The van der Waals surface area contributed by atoms with Gasteiger partial charge in [0.15, 0.2) is 5.82 Å². The fourth-order valence-electron chi connectivity index (χ4n) is 6.16. The third-order valence-corrected chi connectivity index (χ3v) is 10.6. The third kappa shape index (κ3) is 6.53. The first-order chi connectivity index (χ1) is 21.6. The summed E-state index contributed by atoms with van der Waals surface area (Å²) in [5, 5.41) is 14.3. The van der Waals surface area contributed by atoms with Gasteiger partial charge in [0.05, 0.1) is 57.8 Å². The van der Waals surface area contributed by atoms with Crippen LogP contribution in [-0.4, -0.2) is 60.0 Å². The Balaban J connectivity index is 1.17. The number of alkyl carbamates (subject to hydrolysis) is 1. The molecule has 4 heterocycles. The Hall–Kier alpha value is -3.46. The van der Waals surface area contributed by atoms with E-state index < -0.39 is 17.3 Å². The van der Waals surface area contributed by atoms with Crippen LogP contribution >= 0.6 is 34.7 Å². The Bertz CT molecular complexity index is 1860. The third-order valence-electron chi connectivity index (χ3n) is 8.23. The minimum atomic E-state index is -1.10. The number of thiazole rings is 1. The Labute approximate surface area is 279 Å². The highest BCUT2D eigenvalue weighted by molar-refractivity contribution is 7.99. The second-order valence-electron chi connectivity index (χ2n) is 13.5. The number of fused-ring (bicyclic) bond motifs is 2. The molecule has 0 saturated carbocycles. The fourth-order valence-corrected chi connectivity index (χ4v) is 8.27. The van der Waals surface area contributed by atoms with Crippen molar-refractivity contribution in [3.63, 3.8) is 0 Å². The molecule has 4 N–H and O–H groups in total. The predicted molar refractivity (Wildman–Crippen MR) is 180 cm³/mol. The molecule has 6 rings (SSSR count). The Morgan fingerprint density at radius 2 is 1.96 bits per heavy atom. The van der Waals surface area contributed by atoms with E-state index in [-0.39, 0.29) is 39.8 Å². The summed E-state index contributed by atoms with van der Waals surface area (Å²) in [7, 11) is 0. The zero-order valence-electron chi connectivity index (χ0n) is 26.3. The molecule has 4 aromatic rings. The second-order valence-corrected chi connectivity index (χ2v) is 15.9. The van der Waals surface area contributed by atoms with E-state index in [1.165, 1.54) is 27.5 Å². The van der Waals surface area contributed by atoms with Gasteiger partial charge in [-0.1, -0.05) is 23.4 Å². The summed E-state index contributed by atoms with van der Waals surface area (Å²) in [4.78, 5) is 48.2. The quantitative estimate of drug-likeness (QED) is 0.245. The lowest BCUT2D eigenvalue weighted by atomic mass is 9.73. The first-order valence-electron chi connectivity index (χ1n) is 15.0. The number of nitrogens with two attached hydrogens (primary N) is 1. The number of piperidine rings is 1. The summed E-state index contributed by atoms with van der Waals surface area (Å²) >= 11 is 9.59. The number of aromatic nitrogens is 5. The van der Waals surface area contributed by atoms with Gasteiger partial charge in [-0.2, -0.15) is 0 Å². The summed E-state index contributed by atoms with van der Waals surface area (Å²) in [6.07, 6.45) is 5.18. The molecule has 244 valence electrons. The van der Waals surface area contributed by atoms with Crippen LogP contribution in [0.5, 0.6) is 0 Å². The van der Waals surface area contributed by atoms with Gasteiger partial charge < -0.3 is 25.8 Å². The van der Waals surface area contributed by atoms with Crippen molar-refractivity contribution in [2.24, 2.45) is 5.41 Å². The summed E-state index contributed by atoms with van der Waals surface area (Å²) in [6.45, 7) is 10.3. The van der Waals surface area contributed by atoms with Crippen molar-refractivity contribution in [3.05, 3.63) is 56.1 Å². The highest BCUT2D eigenvalue weighted by Crippen LogP contribution is 2.53. The number of nitrogen functional groups attached to an aromatic ring is 1. The molecule has 1 aromatic carbocycles. The predicted octanol–water partition coefficient (Wildman–Crippen LogP) is 5.21. The number of carbonyl (C=O) groups is 1. The molecule has 0 radical (unpaired) electrons. The van der Waals surface area contributed by atoms with Crippen LogP contribution in [0.2, 0.25) is 5.02 Å². The average Bonchev–Trinajstić information content (AvgIpc) is 3.51. The van der Waals surface area contributed by atoms with Gasteiger partial charge >= 0.3 is 6.09 Å². The molecule has 1 spiro atoms. The maximum atomic E-state index is 13.2. The van der Waals surface area contributed by atoms with Gasteiger partial charge in [0.1, 0.15) is 16.4 Å². The number of ether oxygens (including phenoxy) is 1. The lowest BCUT2D eigenvalue weighted by Crippen LogP contribution is -2.48. The van der Waals surface area contributed by atoms with E-state index in [4.69, 9.17) is 22.1 Å². The van der Waals surface area contributed by atoms with E-state index in [1.807, 2.05) is 26.3 Å². The standard InChI is InChI=1S/C31H37ClN8O4S2/c1-29(2,3)44-28(42)38-24-23-19(45-16-36-23)12-31(24)8-10-39(11-9-31)20-13-34-26(25(33)37-20)46-18-7-6-17-21(22(18)32)27(41)40(15-35-17)14-30(4,5)43/h6-7,13,15-16,24,43H,8-12,14H2,1-5H3,(H2,33,37)(H,38,42)/t24-/m1/s1. The maximum absolute atomic E-state index is 13.2. The molecule has 46 heavy (non-hydrogen) atoms. The van der Waals surface area contributed by atoms with Crippen LogP contribution in [-0.2, 0) is 17.7 Å². The Morgan fingerprint density at radius 3 is 2.63 bits per heavy atom. The summed E-state index contributed by atoms with van der Waals surface area (Å²) in [6, 6.07) is 3.28. The van der Waals surface area contributed by atoms with Crippen LogP contribution in [0.15, 0.2) is 44.9 Å². The minimum absolute atomic E-state index is 0.0760. The van der Waals surface area contributed by atoms with E-state index in [9.17, 15) is 14.7 Å². The SMILES string of the molecule is CC(C)(O)Cn1cnc2ccc(Sc3ncc(N4CCC5(CC4)Cc4scnc4[C@H]5NC(=O)OC(C)(C)C)nc3N)c(Cl)c2c1=O. The number of amides is 1. The molecular weight excluding hydrogens is 648 g/mol. The monoisotopic (exact) mass is 684 g/mol. The number of rotatable bonds is 6. The molecule has 1 atom stereocenters. The normalized spacial score (nSPS) is 17.8. The highest BCUT2D eigenvalue weighted by Gasteiger charge is 2.50. The number of halogens is 1. The zero-order valence-corrected chi connectivity index (χ0v) is 28.7. The van der Waals surface area contributed by atoms with Crippen molar-refractivity contribution in [2.75, 3.05) is 23.7 Å². The van der Waals surface area contributed by atoms with Crippen LogP contribution in [0, 0.1) is 5.41 Å². The summed E-state index contributed by atoms with van der Waals surface area (Å²) < 4.78 is 6.94. The number of nitrogens with zero attached hydrogens (tertiary/aromatic N) is 6. The number of nitrogens with one attached hydrogen (secondary N) is 1. The minimum Gasteiger partial charge on any atom is -0.444 e. The number of hydrogen-bond acceptors (Lipinski definition) is 12. The van der Waals surface area contributed by atoms with Crippen molar-refractivity contribution < 1.29 is 14.6 Å². The molecule has 0 unspecified atom stereocenters. The van der Waals surface area contributed by atoms with Crippen molar-refractivity contribution in [1.82, 2.24) is 29.8 Å². The highest BCUT2D eigenvalue weighted by atomic mass is 35.5. The molecule has 3 aromatic heterocycles. The lowest BCUT2D eigenvalue weighted by molar-refractivity contribution is 0.0425.